The van der Waals surface area contributed by atoms with Gasteiger partial charge in [-0.1, -0.05) is 29.8 Å². The predicted molar refractivity (Wildman–Crippen MR) is 134 cm³/mol. The molecule has 0 fully saturated rings. The highest BCUT2D eigenvalue weighted by atomic mass is 35.5. The average molecular weight is 494 g/mol. The molecule has 34 heavy (non-hydrogen) atoms. The summed E-state index contributed by atoms with van der Waals surface area (Å²) >= 11 is 7.55. The number of amides is 3. The van der Waals surface area contributed by atoms with Crippen molar-refractivity contribution >= 4 is 56.4 Å². The van der Waals surface area contributed by atoms with E-state index in [1.54, 1.807) is 61.7 Å². The van der Waals surface area contributed by atoms with Gasteiger partial charge in [0, 0.05) is 26.9 Å². The molecule has 1 heterocycles. The molecule has 9 heteroatoms. The predicted octanol–water partition coefficient (Wildman–Crippen LogP) is 5.20. The Morgan fingerprint density at radius 2 is 1.59 bits per heavy atom. The number of aryl methyl sites for hydroxylation is 1. The van der Waals surface area contributed by atoms with Gasteiger partial charge in [-0.05, 0) is 61.0 Å². The summed E-state index contributed by atoms with van der Waals surface area (Å²) in [6.07, 6.45) is 0. The number of hydrazine groups is 1. The molecule has 3 amide bonds. The van der Waals surface area contributed by atoms with E-state index in [-0.39, 0.29) is 10.8 Å². The van der Waals surface area contributed by atoms with Crippen molar-refractivity contribution in [2.75, 3.05) is 12.4 Å². The maximum atomic E-state index is 12.6. The summed E-state index contributed by atoms with van der Waals surface area (Å²) in [5.41, 5.74) is 7.06. The van der Waals surface area contributed by atoms with Crippen LogP contribution < -0.4 is 20.9 Å². The molecule has 0 radical (unpaired) electrons. The van der Waals surface area contributed by atoms with Gasteiger partial charge < -0.3 is 10.1 Å². The third-order valence-corrected chi connectivity index (χ3v) is 6.78. The fourth-order valence-electron chi connectivity index (χ4n) is 3.29. The van der Waals surface area contributed by atoms with Gasteiger partial charge in [0.2, 0.25) is 0 Å². The molecule has 4 aromatic rings. The summed E-state index contributed by atoms with van der Waals surface area (Å²) in [5, 5.41) is 3.84. The number of benzene rings is 3. The van der Waals surface area contributed by atoms with E-state index in [2.05, 4.69) is 16.2 Å². The summed E-state index contributed by atoms with van der Waals surface area (Å²) in [5.74, 6) is -0.616. The molecule has 0 saturated heterocycles. The Kier molecular flexibility index (Phi) is 6.81. The van der Waals surface area contributed by atoms with E-state index in [0.717, 1.165) is 15.6 Å². The van der Waals surface area contributed by atoms with Gasteiger partial charge in [0.25, 0.3) is 17.7 Å². The second-order valence-electron chi connectivity index (χ2n) is 7.36. The van der Waals surface area contributed by atoms with Gasteiger partial charge in [-0.2, -0.15) is 0 Å². The Hall–Kier alpha value is -3.88. The van der Waals surface area contributed by atoms with Crippen LogP contribution in [0.3, 0.4) is 0 Å². The molecule has 0 aliphatic heterocycles. The second kappa shape index (κ2) is 9.94. The first-order valence-corrected chi connectivity index (χ1v) is 11.4. The number of nitrogens with one attached hydrogen (secondary N) is 3. The summed E-state index contributed by atoms with van der Waals surface area (Å²) < 4.78 is 6.00. The molecule has 1 aromatic heterocycles. The van der Waals surface area contributed by atoms with Gasteiger partial charge in [0.1, 0.15) is 10.6 Å². The fraction of sp³-hybridized carbons (Fsp3) is 0.0800. The van der Waals surface area contributed by atoms with Crippen molar-refractivity contribution < 1.29 is 19.1 Å². The summed E-state index contributed by atoms with van der Waals surface area (Å²) in [7, 11) is 1.56. The molecular formula is C25H20ClN3O4S. The van der Waals surface area contributed by atoms with E-state index >= 15 is 0 Å². The van der Waals surface area contributed by atoms with Crippen LogP contribution in [0.1, 0.15) is 36.0 Å². The van der Waals surface area contributed by atoms with Gasteiger partial charge in [0.15, 0.2) is 0 Å². The van der Waals surface area contributed by atoms with Gasteiger partial charge in [-0.3, -0.25) is 25.2 Å². The third kappa shape index (κ3) is 4.88. The Morgan fingerprint density at radius 1 is 0.882 bits per heavy atom. The normalized spacial score (nSPS) is 10.6. The minimum atomic E-state index is -0.527. The quantitative estimate of drug-likeness (QED) is 0.333. The fourth-order valence-corrected chi connectivity index (χ4v) is 4.73. The number of ether oxygens (including phenoxy) is 1. The zero-order valence-corrected chi connectivity index (χ0v) is 19.8. The van der Waals surface area contributed by atoms with Gasteiger partial charge in [0.05, 0.1) is 12.1 Å². The highest BCUT2D eigenvalue weighted by molar-refractivity contribution is 7.21. The average Bonchev–Trinajstić information content (AvgIpc) is 3.18. The van der Waals surface area contributed by atoms with Crippen LogP contribution in [-0.2, 0) is 0 Å². The topological polar surface area (TPSA) is 96.5 Å². The van der Waals surface area contributed by atoms with Crippen molar-refractivity contribution in [1.29, 1.82) is 0 Å². The number of carbonyl (C=O) groups excluding carboxylic acids is 3. The lowest BCUT2D eigenvalue weighted by molar-refractivity contribution is 0.0849. The molecule has 3 aromatic carbocycles. The van der Waals surface area contributed by atoms with Crippen molar-refractivity contribution in [2.45, 2.75) is 6.92 Å². The minimum absolute atomic E-state index is 0.236. The Balaban J connectivity index is 1.38. The van der Waals surface area contributed by atoms with Gasteiger partial charge >= 0.3 is 0 Å². The minimum Gasteiger partial charge on any atom is -0.497 e. The zero-order chi connectivity index (χ0) is 24.2. The van der Waals surface area contributed by atoms with Crippen LogP contribution in [-0.4, -0.2) is 24.8 Å². The van der Waals surface area contributed by atoms with Crippen molar-refractivity contribution in [1.82, 2.24) is 10.9 Å². The molecule has 3 N–H and O–H groups in total. The number of halogens is 1. The number of hydrogen-bond donors (Lipinski definition) is 3. The SMILES string of the molecule is COc1ccc2c(Cl)c(C(=O)NNC(=O)c3ccc(NC(=O)c4ccccc4C)cc3)sc2c1. The molecular weight excluding hydrogens is 474 g/mol. The highest BCUT2D eigenvalue weighted by Crippen LogP contribution is 2.37. The van der Waals surface area contributed by atoms with Crippen LogP contribution >= 0.6 is 22.9 Å². The highest BCUT2D eigenvalue weighted by Gasteiger charge is 2.18. The van der Waals surface area contributed by atoms with Crippen molar-refractivity contribution in [3.63, 3.8) is 0 Å². The van der Waals surface area contributed by atoms with E-state index in [9.17, 15) is 14.4 Å². The first kappa shape index (κ1) is 23.3. The van der Waals surface area contributed by atoms with Crippen molar-refractivity contribution in [3.8, 4) is 5.75 Å². The number of fused-ring (bicyclic) bond motifs is 1. The van der Waals surface area contributed by atoms with Gasteiger partial charge in [-0.15, -0.1) is 11.3 Å². The molecule has 0 aliphatic rings. The van der Waals surface area contributed by atoms with Crippen LogP contribution in [0.25, 0.3) is 10.1 Å². The Bertz CT molecular complexity index is 1400. The number of rotatable bonds is 5. The monoisotopic (exact) mass is 493 g/mol. The number of methoxy groups -OCH3 is 1. The Labute approximate surface area is 204 Å². The largest absolute Gasteiger partial charge is 0.497 e. The molecule has 172 valence electrons. The van der Waals surface area contributed by atoms with E-state index in [4.69, 9.17) is 16.3 Å². The third-order valence-electron chi connectivity index (χ3n) is 5.13. The van der Waals surface area contributed by atoms with E-state index in [1.807, 2.05) is 19.1 Å². The number of thiophene rings is 1. The molecule has 0 bridgehead atoms. The Morgan fingerprint density at radius 3 is 2.29 bits per heavy atom. The smallest absolute Gasteiger partial charge is 0.281 e. The van der Waals surface area contributed by atoms with Crippen LogP contribution in [0.5, 0.6) is 5.75 Å². The number of hydrogen-bond acceptors (Lipinski definition) is 5. The summed E-state index contributed by atoms with van der Waals surface area (Å²) in [6.45, 7) is 1.86. The molecule has 4 rings (SSSR count). The van der Waals surface area contributed by atoms with E-state index in [0.29, 0.717) is 27.6 Å². The lowest BCUT2D eigenvalue weighted by Crippen LogP contribution is -2.41. The standard InChI is InChI=1S/C25H20ClN3O4S/c1-14-5-3-4-6-18(14)24(31)27-16-9-7-15(8-10-16)23(30)28-29-25(32)22-21(26)19-12-11-17(33-2)13-20(19)34-22/h3-13H,1-2H3,(H,27,31)(H,28,30)(H,29,32). The molecule has 0 atom stereocenters. The summed E-state index contributed by atoms with van der Waals surface area (Å²) in [4.78, 5) is 37.8. The second-order valence-corrected chi connectivity index (χ2v) is 8.79. The lowest BCUT2D eigenvalue weighted by atomic mass is 10.1. The summed E-state index contributed by atoms with van der Waals surface area (Å²) in [6, 6.07) is 18.9. The maximum Gasteiger partial charge on any atom is 0.281 e. The van der Waals surface area contributed by atoms with Crippen LogP contribution in [0.4, 0.5) is 5.69 Å². The number of carbonyl (C=O) groups is 3. The molecule has 0 aliphatic carbocycles. The lowest BCUT2D eigenvalue weighted by Gasteiger charge is -2.09. The first-order valence-electron chi connectivity index (χ1n) is 10.2. The van der Waals surface area contributed by atoms with Crippen LogP contribution in [0.2, 0.25) is 5.02 Å². The molecule has 7 nitrogen and oxygen atoms in total. The zero-order valence-electron chi connectivity index (χ0n) is 18.3. The molecule has 0 spiro atoms. The van der Waals surface area contributed by atoms with Crippen LogP contribution in [0, 0.1) is 6.92 Å². The van der Waals surface area contributed by atoms with Crippen molar-refractivity contribution in [2.24, 2.45) is 0 Å². The molecule has 0 unspecified atom stereocenters. The molecule has 0 saturated carbocycles. The van der Waals surface area contributed by atoms with E-state index < -0.39 is 11.8 Å². The first-order chi connectivity index (χ1) is 16.4. The van der Waals surface area contributed by atoms with Crippen molar-refractivity contribution in [3.05, 3.63) is 93.3 Å². The van der Waals surface area contributed by atoms with Crippen LogP contribution in [0.15, 0.2) is 66.7 Å². The van der Waals surface area contributed by atoms with E-state index in [1.165, 1.54) is 11.3 Å². The van der Waals surface area contributed by atoms with Gasteiger partial charge in [-0.25, -0.2) is 0 Å². The maximum absolute atomic E-state index is 12.6. The number of anilines is 1.